The molecule has 46 heteroatoms. The first-order chi connectivity index (χ1) is 55.4. The third-order valence-electron chi connectivity index (χ3n) is 20.9. The summed E-state index contributed by atoms with van der Waals surface area (Å²) in [5.74, 6) is -0.291. The molecule has 654 valence electrons. The molecule has 8 fully saturated rings. The van der Waals surface area contributed by atoms with Gasteiger partial charge in [-0.3, -0.25) is 9.98 Å². The van der Waals surface area contributed by atoms with Crippen molar-refractivity contribution in [1.82, 2.24) is 0 Å². The van der Waals surface area contributed by atoms with E-state index >= 15 is 0 Å². The van der Waals surface area contributed by atoms with Crippen LogP contribution in [0.15, 0.2) is 70.6 Å². The number of aliphatic hydroxyl groups is 26. The quantitative estimate of drug-likeness (QED) is 0.0276. The van der Waals surface area contributed by atoms with Crippen molar-refractivity contribution in [2.75, 3.05) is 52.9 Å². The molecule has 3 aromatic rings. The third-order valence-corrected chi connectivity index (χ3v) is 23.4. The zero-order valence-electron chi connectivity index (χ0n) is 61.0. The third kappa shape index (κ3) is 20.3. The molecule has 0 saturated carbocycles. The lowest BCUT2D eigenvalue weighted by Crippen LogP contribution is -2.67. The number of rotatable bonds is 30. The number of nitrogens with zero attached hydrogens (tertiary/aromatic N) is 2. The normalized spacial score (nSPS) is 43.9. The van der Waals surface area contributed by atoms with E-state index in [4.69, 9.17) is 66.3 Å². The molecule has 0 aliphatic carbocycles. The smallest absolute Gasteiger partial charge is 0.187 e. The van der Waals surface area contributed by atoms with Crippen LogP contribution in [0.25, 0.3) is 0 Å². The number of phenolic OH excluding ortho intramolecular Hbond substituents is 2. The Morgan fingerprint density at radius 2 is 0.509 bits per heavy atom. The molecule has 40 atom stereocenters. The van der Waals surface area contributed by atoms with Crippen LogP contribution in [0.5, 0.6) is 11.5 Å². The second-order valence-corrected chi connectivity index (χ2v) is 30.8. The number of thioether (sulfide) groups is 2. The first-order valence-corrected chi connectivity index (χ1v) is 38.9. The number of aromatic hydroxyl groups is 2. The molecule has 3 aromatic carbocycles. The van der Waals surface area contributed by atoms with Gasteiger partial charge in [-0.2, -0.15) is 0 Å². The molecule has 0 amide bonds. The molecule has 44 nitrogen and oxygen atoms in total. The van der Waals surface area contributed by atoms with Gasteiger partial charge < -0.3 is 209 Å². The fourth-order valence-corrected chi connectivity index (χ4v) is 16.5. The van der Waals surface area contributed by atoms with E-state index < -0.39 is 297 Å². The van der Waals surface area contributed by atoms with Crippen molar-refractivity contribution in [3.63, 3.8) is 0 Å². The highest BCUT2D eigenvalue weighted by molar-refractivity contribution is 7.99. The van der Waals surface area contributed by atoms with Crippen molar-refractivity contribution in [3.05, 3.63) is 82.9 Å². The Hall–Kier alpha value is -4.30. The number of ether oxygens (including phenoxy) is 14. The van der Waals surface area contributed by atoms with Gasteiger partial charge in [-0.15, -0.1) is 23.5 Å². The van der Waals surface area contributed by atoms with E-state index in [1.54, 1.807) is 48.5 Å². The van der Waals surface area contributed by atoms with E-state index in [1.807, 2.05) is 0 Å². The van der Waals surface area contributed by atoms with Crippen LogP contribution in [0.3, 0.4) is 0 Å². The van der Waals surface area contributed by atoms with E-state index in [9.17, 15) is 143 Å². The average Bonchev–Trinajstić information content (AvgIpc) is 0.770. The molecule has 0 spiro atoms. The van der Waals surface area contributed by atoms with Gasteiger partial charge in [0.2, 0.25) is 0 Å². The van der Waals surface area contributed by atoms with Crippen molar-refractivity contribution in [1.29, 1.82) is 0 Å². The molecule has 11 rings (SSSR count). The van der Waals surface area contributed by atoms with E-state index in [0.717, 1.165) is 23.5 Å². The maximum Gasteiger partial charge on any atom is 0.187 e. The van der Waals surface area contributed by atoms with Crippen LogP contribution in [0, 0.1) is 0 Å². The first kappa shape index (κ1) is 92.4. The molecule has 8 aliphatic heterocycles. The minimum atomic E-state index is -2.11. The Kier molecular flexibility index (Phi) is 32.9. The molecule has 0 unspecified atom stereocenters. The van der Waals surface area contributed by atoms with Crippen LogP contribution in [-0.4, -0.2) is 452 Å². The molecule has 28 N–H and O–H groups in total. The monoisotopic (exact) mass is 1700 g/mol. The topological polar surface area (TPSA) is 720 Å². The number of benzene rings is 3. The minimum Gasteiger partial charge on any atom is -0.507 e. The number of para-hydroxylation sites is 2. The minimum absolute atomic E-state index is 0.0530. The number of aliphatic hydroxyl groups excluding tert-OH is 26. The Morgan fingerprint density at radius 3 is 0.767 bits per heavy atom. The van der Waals surface area contributed by atoms with Crippen molar-refractivity contribution in [2.24, 2.45) is 9.98 Å². The van der Waals surface area contributed by atoms with E-state index in [0.29, 0.717) is 22.5 Å². The first-order valence-electron chi connectivity index (χ1n) is 36.8. The van der Waals surface area contributed by atoms with Gasteiger partial charge in [0.25, 0.3) is 0 Å². The highest BCUT2D eigenvalue weighted by Gasteiger charge is 2.59. The summed E-state index contributed by atoms with van der Waals surface area (Å²) >= 11 is 1.94. The van der Waals surface area contributed by atoms with Gasteiger partial charge in [-0.25, -0.2) is 0 Å². The van der Waals surface area contributed by atoms with Crippen molar-refractivity contribution in [3.8, 4) is 11.5 Å². The molecule has 8 aliphatic rings. The van der Waals surface area contributed by atoms with Gasteiger partial charge in [-0.05, 0) is 47.5 Å². The molecule has 0 bridgehead atoms. The van der Waals surface area contributed by atoms with Gasteiger partial charge >= 0.3 is 0 Å². The van der Waals surface area contributed by atoms with Crippen LogP contribution < -0.4 is 0 Å². The number of phenols is 2. The van der Waals surface area contributed by atoms with Gasteiger partial charge in [0, 0.05) is 35.1 Å². The lowest BCUT2D eigenvalue weighted by molar-refractivity contribution is -0.384. The second kappa shape index (κ2) is 41.3. The highest BCUT2D eigenvalue weighted by atomic mass is 32.2. The summed E-state index contributed by atoms with van der Waals surface area (Å²) in [6.45, 7) is -7.21. The van der Waals surface area contributed by atoms with Crippen molar-refractivity contribution >= 4 is 47.3 Å². The summed E-state index contributed by atoms with van der Waals surface area (Å²) in [4.78, 5) is 9.13. The van der Waals surface area contributed by atoms with E-state index in [-0.39, 0.29) is 34.1 Å². The second-order valence-electron chi connectivity index (χ2n) is 28.7. The lowest BCUT2D eigenvalue weighted by atomic mass is 9.95. The molecule has 8 saturated heterocycles. The summed E-state index contributed by atoms with van der Waals surface area (Å²) in [6, 6.07) is 15.6. The number of hydrogen-bond donors (Lipinski definition) is 28. The predicted molar refractivity (Wildman–Crippen MR) is 383 cm³/mol. The lowest BCUT2D eigenvalue weighted by Gasteiger charge is -2.49. The van der Waals surface area contributed by atoms with Crippen molar-refractivity contribution in [2.45, 2.75) is 255 Å². The maximum atomic E-state index is 11.5. The summed E-state index contributed by atoms with van der Waals surface area (Å²) in [7, 11) is 0. The Morgan fingerprint density at radius 1 is 0.276 bits per heavy atom. The van der Waals surface area contributed by atoms with E-state index in [2.05, 4.69) is 9.98 Å². The molecular formula is C70H100N2O42S2. The van der Waals surface area contributed by atoms with Gasteiger partial charge in [0.15, 0.2) is 37.7 Å². The number of aliphatic imine (C=N–C) groups is 2. The fraction of sp³-hybridized carbons (Fsp3) is 0.714. The largest absolute Gasteiger partial charge is 0.507 e. The fourth-order valence-electron chi connectivity index (χ4n) is 14.2. The van der Waals surface area contributed by atoms with Crippen molar-refractivity contribution < 1.29 is 209 Å². The average molecular weight is 1710 g/mol. The van der Waals surface area contributed by atoms with Crippen LogP contribution in [0.1, 0.15) is 22.3 Å². The Labute approximate surface area is 666 Å². The summed E-state index contributed by atoms with van der Waals surface area (Å²) < 4.78 is 79.6. The predicted octanol–water partition coefficient (Wildman–Crippen LogP) is -12.4. The molecule has 116 heavy (non-hydrogen) atoms. The molecule has 0 aromatic heterocycles. The Balaban J connectivity index is 0.651. The molecular weight excluding hydrogens is 1600 g/mol. The van der Waals surface area contributed by atoms with E-state index in [1.165, 1.54) is 24.6 Å². The maximum absolute atomic E-state index is 11.5. The summed E-state index contributed by atoms with van der Waals surface area (Å²) in [5, 5.41) is 301. The molecule has 0 radical (unpaired) electrons. The zero-order chi connectivity index (χ0) is 84.0. The van der Waals surface area contributed by atoms with Gasteiger partial charge in [-0.1, -0.05) is 24.3 Å². The standard InChI is InChI=1S/C70H100N2O42S2/c73-13-31-39(83)41(85)49(93)63(101-31)109-57-33(15-75)103-65(51(95)43(57)87)111-59-35(17-77)105-67(53(97)45(59)89)113-61-37(19-79)107-69(55(99)47(61)91)115-21-23-5-7-29(81)25(9-23)11-71-27-3-1-2-4-28(27)72-12-26-10-24(6-8-30(26)82)22-116-70-56(100)48(92)62(38(20-80)108-70)114-68-54(98)46(90)60(36(18-78)106-68)112-66-52(96)44(88)58(34(16-76)104-66)110-64-50(94)42(86)40(84)32(14-74)102-64/h1-12,31-70,73-100H,13-22H2/t31-,32-,33-,34-,35-,36-,37-,38-,39-,40-,41+,42+,43-,44-,45-,46-,47-,48-,49-,50-,51-,52-,53-,54-,55-,56-,57-,58-,59-,60-,61-,62-,63-,64-,65-,66-,67-,68-,69+,70+/m1/s1. The van der Waals surface area contributed by atoms with Crippen LogP contribution in [-0.2, 0) is 77.8 Å². The Bertz CT molecular complexity index is 3390. The van der Waals surface area contributed by atoms with Gasteiger partial charge in [0.1, 0.15) is 218 Å². The van der Waals surface area contributed by atoms with Gasteiger partial charge in [0.05, 0.1) is 64.2 Å². The van der Waals surface area contributed by atoms with Crippen LogP contribution in [0.4, 0.5) is 11.4 Å². The zero-order valence-corrected chi connectivity index (χ0v) is 62.7. The highest BCUT2D eigenvalue weighted by Crippen LogP contribution is 2.41. The summed E-state index contributed by atoms with van der Waals surface area (Å²) in [5.41, 5.74) is -0.422. The SMILES string of the molecule is OC[C@H]1O[C@H](O[C@H]2[C@H](O)[C@@H](O)[C@@H](O[C@H]3[C@H](O)[C@@H](O)[C@@H](O[C@H]4[C@H](O)[C@@H](O)[C@H](SCc5ccc(O)c(C=Nc6ccccc6N=Cc6cc(CS[C@@H]7O[C@H](CO)[C@@H](O[C@H]8O[C@H](CO)[C@@H](O[C@H]9O[C@H](CO)[C@@H](O[C@H]%10O[C@H](CO)[C@@H](O)[C@H](O)[C@H]%10O)[C@H](O)[C@H]9O)[C@H](O)[C@H]8O)[C@H](O)[C@H]7O)ccc6O)c5)O[C@@H]4CO)O[C@@H]3CO)O[C@@H]2CO)[C@H](O)[C@@H](O)[C@@H]1O. The molecule has 8 heterocycles. The van der Waals surface area contributed by atoms with Crippen LogP contribution in [0.2, 0.25) is 0 Å². The summed E-state index contributed by atoms with van der Waals surface area (Å²) in [6.07, 6.45) is -66.6. The van der Waals surface area contributed by atoms with Crippen LogP contribution >= 0.6 is 23.5 Å². The number of hydrogen-bond acceptors (Lipinski definition) is 46.